The van der Waals surface area contributed by atoms with Crippen LogP contribution in [0.15, 0.2) is 53.4 Å². The van der Waals surface area contributed by atoms with Crippen molar-refractivity contribution in [2.45, 2.75) is 17.7 Å². The Morgan fingerprint density at radius 1 is 0.917 bits per heavy atom. The monoisotopic (exact) mass is 347 g/mol. The van der Waals surface area contributed by atoms with Gasteiger partial charge in [-0.25, -0.2) is 13.1 Å². The van der Waals surface area contributed by atoms with E-state index in [4.69, 9.17) is 5.73 Å². The molecule has 0 aromatic heterocycles. The molecule has 0 bridgehead atoms. The number of benzene rings is 2. The molecule has 0 saturated heterocycles. The first-order chi connectivity index (χ1) is 11.4. The predicted molar refractivity (Wildman–Crippen MR) is 99.3 cm³/mol. The number of nitrogen functional groups attached to an aromatic ring is 1. The van der Waals surface area contributed by atoms with Crippen LogP contribution in [0.1, 0.15) is 12.8 Å². The minimum atomic E-state index is -3.45. The van der Waals surface area contributed by atoms with E-state index in [-0.39, 0.29) is 4.90 Å². The lowest BCUT2D eigenvalue weighted by atomic mass is 10.1. The molecular formula is C18H25N3O2S. The van der Waals surface area contributed by atoms with E-state index < -0.39 is 10.0 Å². The van der Waals surface area contributed by atoms with Gasteiger partial charge in [-0.05, 0) is 68.9 Å². The summed E-state index contributed by atoms with van der Waals surface area (Å²) in [6.45, 7) is 1.41. The number of nitrogens with zero attached hydrogens (tertiary/aromatic N) is 1. The van der Waals surface area contributed by atoms with Crippen LogP contribution >= 0.6 is 0 Å². The summed E-state index contributed by atoms with van der Waals surface area (Å²) in [4.78, 5) is 2.37. The summed E-state index contributed by atoms with van der Waals surface area (Å²) in [7, 11) is 0.563. The van der Waals surface area contributed by atoms with E-state index in [9.17, 15) is 8.42 Å². The first-order valence-electron chi connectivity index (χ1n) is 7.99. The summed E-state index contributed by atoms with van der Waals surface area (Å²) >= 11 is 0. The van der Waals surface area contributed by atoms with Crippen molar-refractivity contribution in [2.24, 2.45) is 0 Å². The highest BCUT2D eigenvalue weighted by Crippen LogP contribution is 2.22. The van der Waals surface area contributed by atoms with Crippen LogP contribution in [0.3, 0.4) is 0 Å². The topological polar surface area (TPSA) is 75.4 Å². The molecule has 0 amide bonds. The van der Waals surface area contributed by atoms with E-state index in [0.717, 1.165) is 30.5 Å². The van der Waals surface area contributed by atoms with E-state index in [1.807, 2.05) is 50.5 Å². The third-order valence-corrected chi connectivity index (χ3v) is 5.21. The van der Waals surface area contributed by atoms with Gasteiger partial charge in [0.25, 0.3) is 0 Å². The van der Waals surface area contributed by atoms with Crippen molar-refractivity contribution in [3.8, 4) is 11.1 Å². The van der Waals surface area contributed by atoms with Gasteiger partial charge in [-0.3, -0.25) is 0 Å². The Kier molecular flexibility index (Phi) is 6.36. The lowest BCUT2D eigenvalue weighted by molar-refractivity contribution is 0.394. The van der Waals surface area contributed by atoms with Gasteiger partial charge in [0.1, 0.15) is 0 Å². The fourth-order valence-electron chi connectivity index (χ4n) is 2.35. The van der Waals surface area contributed by atoms with E-state index >= 15 is 0 Å². The molecule has 24 heavy (non-hydrogen) atoms. The minimum absolute atomic E-state index is 0.286. The Morgan fingerprint density at radius 2 is 1.46 bits per heavy atom. The molecule has 0 fully saturated rings. The molecule has 0 saturated carbocycles. The van der Waals surface area contributed by atoms with Crippen LogP contribution in [0.5, 0.6) is 0 Å². The number of sulfonamides is 1. The molecule has 3 N–H and O–H groups in total. The number of anilines is 1. The van der Waals surface area contributed by atoms with Crippen LogP contribution in [-0.2, 0) is 10.0 Å². The second-order valence-corrected chi connectivity index (χ2v) is 7.82. The SMILES string of the molecule is CN(C)CCCCNS(=O)(=O)c1ccc(-c2ccc(N)cc2)cc1. The van der Waals surface area contributed by atoms with Crippen LogP contribution in [0.25, 0.3) is 11.1 Å². The van der Waals surface area contributed by atoms with Crippen LogP contribution in [0.4, 0.5) is 5.69 Å². The Balaban J connectivity index is 1.97. The maximum atomic E-state index is 12.3. The average Bonchev–Trinajstić information content (AvgIpc) is 2.55. The standard InChI is InChI=1S/C18H25N3O2S/c1-21(2)14-4-3-13-20-24(22,23)18-11-7-16(8-12-18)15-5-9-17(19)10-6-15/h5-12,20H,3-4,13-14,19H2,1-2H3. The van der Waals surface area contributed by atoms with Crippen molar-refractivity contribution in [1.29, 1.82) is 0 Å². The number of hydrogen-bond acceptors (Lipinski definition) is 4. The molecule has 0 radical (unpaired) electrons. The Hall–Kier alpha value is -1.89. The number of hydrogen-bond donors (Lipinski definition) is 2. The van der Waals surface area contributed by atoms with Gasteiger partial charge < -0.3 is 10.6 Å². The first kappa shape index (κ1) is 18.4. The second kappa shape index (κ2) is 8.28. The molecule has 0 unspecified atom stereocenters. The fraction of sp³-hybridized carbons (Fsp3) is 0.333. The number of unbranched alkanes of at least 4 members (excludes halogenated alkanes) is 1. The van der Waals surface area contributed by atoms with Crippen LogP contribution in [0.2, 0.25) is 0 Å². The summed E-state index contributed by atoms with van der Waals surface area (Å²) in [6.07, 6.45) is 1.78. The predicted octanol–water partition coefficient (Wildman–Crippen LogP) is 2.56. The molecule has 0 spiro atoms. The lowest BCUT2D eigenvalue weighted by Gasteiger charge is -2.10. The third-order valence-electron chi connectivity index (χ3n) is 3.73. The van der Waals surface area contributed by atoms with E-state index in [1.54, 1.807) is 12.1 Å². The average molecular weight is 347 g/mol. The summed E-state index contributed by atoms with van der Waals surface area (Å²) in [5.74, 6) is 0. The van der Waals surface area contributed by atoms with Crippen molar-refractivity contribution >= 4 is 15.7 Å². The van der Waals surface area contributed by atoms with E-state index in [1.165, 1.54) is 0 Å². The zero-order valence-electron chi connectivity index (χ0n) is 14.2. The molecule has 2 rings (SSSR count). The Morgan fingerprint density at radius 3 is 2.00 bits per heavy atom. The van der Waals surface area contributed by atoms with Crippen LogP contribution in [0, 0.1) is 0 Å². The number of nitrogens with two attached hydrogens (primary N) is 1. The Bertz CT molecular complexity index is 739. The van der Waals surface area contributed by atoms with Gasteiger partial charge in [0.05, 0.1) is 4.90 Å². The van der Waals surface area contributed by atoms with Crippen LogP contribution in [-0.4, -0.2) is 40.5 Å². The molecule has 0 atom stereocenters. The molecule has 6 heteroatoms. The normalized spacial score (nSPS) is 11.8. The largest absolute Gasteiger partial charge is 0.399 e. The first-order valence-corrected chi connectivity index (χ1v) is 9.47. The van der Waals surface area contributed by atoms with E-state index in [2.05, 4.69) is 9.62 Å². The fourth-order valence-corrected chi connectivity index (χ4v) is 3.42. The van der Waals surface area contributed by atoms with Gasteiger partial charge in [-0.1, -0.05) is 24.3 Å². The molecule has 2 aromatic rings. The van der Waals surface area contributed by atoms with Gasteiger partial charge in [-0.2, -0.15) is 0 Å². The Labute approximate surface area is 144 Å². The highest BCUT2D eigenvalue weighted by Gasteiger charge is 2.13. The molecule has 2 aromatic carbocycles. The molecule has 130 valence electrons. The van der Waals surface area contributed by atoms with Crippen LogP contribution < -0.4 is 10.5 Å². The summed E-state index contributed by atoms with van der Waals surface area (Å²) in [5.41, 5.74) is 8.35. The van der Waals surface area contributed by atoms with Gasteiger partial charge >= 0.3 is 0 Å². The zero-order chi connectivity index (χ0) is 17.6. The van der Waals surface area contributed by atoms with Crippen molar-refractivity contribution in [3.05, 3.63) is 48.5 Å². The lowest BCUT2D eigenvalue weighted by Crippen LogP contribution is -2.25. The maximum absolute atomic E-state index is 12.3. The summed E-state index contributed by atoms with van der Waals surface area (Å²) in [5, 5.41) is 0. The summed E-state index contributed by atoms with van der Waals surface area (Å²) in [6, 6.07) is 14.4. The van der Waals surface area contributed by atoms with Crippen molar-refractivity contribution in [2.75, 3.05) is 32.9 Å². The maximum Gasteiger partial charge on any atom is 0.240 e. The quantitative estimate of drug-likeness (QED) is 0.568. The second-order valence-electron chi connectivity index (χ2n) is 6.05. The number of nitrogens with one attached hydrogen (secondary N) is 1. The molecule has 0 aliphatic heterocycles. The summed E-state index contributed by atoms with van der Waals surface area (Å²) < 4.78 is 27.2. The van der Waals surface area contributed by atoms with Crippen molar-refractivity contribution < 1.29 is 8.42 Å². The van der Waals surface area contributed by atoms with E-state index in [0.29, 0.717) is 12.2 Å². The van der Waals surface area contributed by atoms with Gasteiger partial charge in [0, 0.05) is 12.2 Å². The minimum Gasteiger partial charge on any atom is -0.399 e. The van der Waals surface area contributed by atoms with Crippen molar-refractivity contribution in [3.63, 3.8) is 0 Å². The number of rotatable bonds is 8. The molecule has 0 aliphatic carbocycles. The molecule has 5 nitrogen and oxygen atoms in total. The molecule has 0 heterocycles. The smallest absolute Gasteiger partial charge is 0.240 e. The van der Waals surface area contributed by atoms with Gasteiger partial charge in [0.2, 0.25) is 10.0 Å². The molecular weight excluding hydrogens is 322 g/mol. The molecule has 0 aliphatic rings. The van der Waals surface area contributed by atoms with Gasteiger partial charge in [0.15, 0.2) is 0 Å². The van der Waals surface area contributed by atoms with Gasteiger partial charge in [-0.15, -0.1) is 0 Å². The third kappa shape index (κ3) is 5.33. The van der Waals surface area contributed by atoms with Crippen molar-refractivity contribution in [1.82, 2.24) is 9.62 Å². The zero-order valence-corrected chi connectivity index (χ0v) is 15.0. The highest BCUT2D eigenvalue weighted by atomic mass is 32.2. The highest BCUT2D eigenvalue weighted by molar-refractivity contribution is 7.89.